The minimum Gasteiger partial charge on any atom is -0.426 e. The zero-order valence-corrected chi connectivity index (χ0v) is 34.3. The molecule has 4 aromatic rings. The number of benzene rings is 3. The maximum Gasteiger partial charge on any atom is 0.515 e. The molecule has 0 N–H and O–H groups in total. The van der Waals surface area contributed by atoms with Gasteiger partial charge in [-0.1, -0.05) is 226 Å². The van der Waals surface area contributed by atoms with Gasteiger partial charge in [0, 0.05) is 18.9 Å². The molecule has 1 heterocycles. The van der Waals surface area contributed by atoms with Crippen molar-refractivity contribution in [2.75, 3.05) is 19.8 Å². The number of nitrogens with zero attached hydrogens (tertiary/aromatic N) is 1. The zero-order chi connectivity index (χ0) is 39.2. The van der Waals surface area contributed by atoms with E-state index in [9.17, 15) is 4.79 Å². The number of ether oxygens (including phenoxy) is 4. The van der Waals surface area contributed by atoms with E-state index >= 15 is 0 Å². The highest BCUT2D eigenvalue weighted by Crippen LogP contribution is 2.40. The van der Waals surface area contributed by atoms with Gasteiger partial charge in [-0.15, -0.1) is 0 Å². The fourth-order valence-electron chi connectivity index (χ4n) is 7.43. The number of carbonyl (C=O) groups is 1. The first kappa shape index (κ1) is 44.7. The third-order valence-electron chi connectivity index (χ3n) is 10.6. The molecule has 4 rings (SSSR count). The second kappa shape index (κ2) is 28.4. The predicted molar refractivity (Wildman–Crippen MR) is 229 cm³/mol. The van der Waals surface area contributed by atoms with Crippen molar-refractivity contribution in [3.8, 4) is 5.88 Å². The summed E-state index contributed by atoms with van der Waals surface area (Å²) >= 11 is 0. The van der Waals surface area contributed by atoms with Crippen molar-refractivity contribution in [1.29, 1.82) is 0 Å². The highest BCUT2D eigenvalue weighted by molar-refractivity contribution is 5.63. The van der Waals surface area contributed by atoms with Crippen LogP contribution in [0.15, 0.2) is 115 Å². The van der Waals surface area contributed by atoms with Crippen LogP contribution >= 0.6 is 0 Å². The van der Waals surface area contributed by atoms with Gasteiger partial charge in [0.2, 0.25) is 5.88 Å². The summed E-state index contributed by atoms with van der Waals surface area (Å²) in [7, 11) is 0. The van der Waals surface area contributed by atoms with Crippen LogP contribution in [-0.2, 0) is 19.8 Å². The maximum atomic E-state index is 13.0. The molecule has 0 saturated carbocycles. The molecule has 0 unspecified atom stereocenters. The molecule has 56 heavy (non-hydrogen) atoms. The van der Waals surface area contributed by atoms with E-state index in [1.807, 2.05) is 54.6 Å². The second-order valence-electron chi connectivity index (χ2n) is 15.1. The van der Waals surface area contributed by atoms with E-state index in [1.54, 1.807) is 24.4 Å². The molecule has 0 aliphatic rings. The van der Waals surface area contributed by atoms with Gasteiger partial charge in [0.15, 0.2) is 6.10 Å². The zero-order valence-electron chi connectivity index (χ0n) is 34.3. The van der Waals surface area contributed by atoms with E-state index in [0.717, 1.165) is 29.5 Å². The summed E-state index contributed by atoms with van der Waals surface area (Å²) in [6.45, 7) is 3.15. The van der Waals surface area contributed by atoms with Crippen LogP contribution in [0.1, 0.15) is 152 Å². The Balaban J connectivity index is 1.18. The van der Waals surface area contributed by atoms with Gasteiger partial charge in [0.1, 0.15) is 5.60 Å². The fraction of sp³-hybridized carbons (Fsp3) is 0.520. The summed E-state index contributed by atoms with van der Waals surface area (Å²) in [6.07, 6.45) is 27.0. The molecular formula is C50H69NO5. The van der Waals surface area contributed by atoms with Gasteiger partial charge in [0.05, 0.1) is 13.2 Å². The van der Waals surface area contributed by atoms with E-state index in [4.69, 9.17) is 18.9 Å². The van der Waals surface area contributed by atoms with Gasteiger partial charge in [-0.25, -0.2) is 9.78 Å². The molecule has 0 radical (unpaired) electrons. The second-order valence-corrected chi connectivity index (χ2v) is 15.1. The number of unbranched alkanes of at least 4 members (excludes halogenated alkanes) is 19. The first-order valence-electron chi connectivity index (χ1n) is 21.9. The highest BCUT2D eigenvalue weighted by atomic mass is 16.7. The van der Waals surface area contributed by atoms with E-state index in [2.05, 4.69) is 48.3 Å². The van der Waals surface area contributed by atoms with Crippen molar-refractivity contribution >= 4 is 6.16 Å². The van der Waals surface area contributed by atoms with Crippen LogP contribution in [-0.4, -0.2) is 37.1 Å². The monoisotopic (exact) mass is 764 g/mol. The SMILES string of the molecule is CCCCCCCCCCCCCCCCCCCCCCOC[C@H](COC(c1ccccc1)(c1ccccc1)c1ccccc1)OC(=O)Oc1ccccn1. The Kier molecular flexibility index (Phi) is 22.7. The number of aromatic nitrogens is 1. The minimum absolute atomic E-state index is 0.0786. The third-order valence-corrected chi connectivity index (χ3v) is 10.6. The van der Waals surface area contributed by atoms with Crippen LogP contribution in [0.25, 0.3) is 0 Å². The Morgan fingerprint density at radius 1 is 0.518 bits per heavy atom. The molecule has 6 nitrogen and oxygen atoms in total. The van der Waals surface area contributed by atoms with Crippen molar-refractivity contribution < 1.29 is 23.7 Å². The van der Waals surface area contributed by atoms with E-state index in [0.29, 0.717) is 6.61 Å². The summed E-state index contributed by atoms with van der Waals surface area (Å²) in [4.78, 5) is 17.1. The Hall–Kier alpha value is -4.00. The number of hydrogen-bond acceptors (Lipinski definition) is 6. The summed E-state index contributed by atoms with van der Waals surface area (Å²) in [6, 6.07) is 35.7. The standard InChI is InChI=1S/C50H69NO5/c1-2-3-4-5-6-7-8-9-10-11-12-13-14-15-16-17-18-19-20-32-41-53-42-47(55-49(52)56-48-39-30-31-40-51-48)43-54-50(44-33-24-21-25-34-44,45-35-26-22-27-36-45)46-37-28-23-29-38-46/h21-31,33-40,47H,2-20,32,41-43H2,1H3/t47-/m1/s1. The van der Waals surface area contributed by atoms with Crippen LogP contribution in [0.5, 0.6) is 5.88 Å². The van der Waals surface area contributed by atoms with Gasteiger partial charge in [-0.2, -0.15) is 0 Å². The highest BCUT2D eigenvalue weighted by Gasteiger charge is 2.38. The Labute approximate surface area is 338 Å². The first-order valence-corrected chi connectivity index (χ1v) is 21.9. The Morgan fingerprint density at radius 3 is 1.34 bits per heavy atom. The summed E-state index contributed by atoms with van der Waals surface area (Å²) in [5.74, 6) is 0.176. The van der Waals surface area contributed by atoms with E-state index in [1.165, 1.54) is 116 Å². The van der Waals surface area contributed by atoms with Crippen molar-refractivity contribution in [2.45, 2.75) is 147 Å². The molecule has 1 atom stereocenters. The molecule has 0 spiro atoms. The van der Waals surface area contributed by atoms with Crippen molar-refractivity contribution in [2.24, 2.45) is 0 Å². The van der Waals surface area contributed by atoms with Crippen LogP contribution in [0.3, 0.4) is 0 Å². The molecule has 0 fully saturated rings. The summed E-state index contributed by atoms with van der Waals surface area (Å²) in [5.41, 5.74) is 1.95. The van der Waals surface area contributed by atoms with Crippen LogP contribution in [0.2, 0.25) is 0 Å². The van der Waals surface area contributed by atoms with Crippen LogP contribution in [0, 0.1) is 0 Å². The lowest BCUT2D eigenvalue weighted by atomic mass is 9.80. The fourth-order valence-corrected chi connectivity index (χ4v) is 7.43. The average molecular weight is 764 g/mol. The van der Waals surface area contributed by atoms with Gasteiger partial charge in [-0.3, -0.25) is 0 Å². The van der Waals surface area contributed by atoms with E-state index in [-0.39, 0.29) is 19.1 Å². The molecule has 1 aromatic heterocycles. The normalized spacial score (nSPS) is 12.0. The van der Waals surface area contributed by atoms with Gasteiger partial charge in [0.25, 0.3) is 0 Å². The molecule has 3 aromatic carbocycles. The van der Waals surface area contributed by atoms with Gasteiger partial charge >= 0.3 is 6.16 Å². The number of carbonyl (C=O) groups excluding carboxylic acids is 1. The van der Waals surface area contributed by atoms with Crippen molar-refractivity contribution in [3.05, 3.63) is 132 Å². The minimum atomic E-state index is -0.955. The molecule has 0 saturated heterocycles. The summed E-state index contributed by atoms with van der Waals surface area (Å²) in [5, 5.41) is 0. The number of pyridine rings is 1. The Bertz CT molecular complexity index is 1420. The molecule has 0 aliphatic carbocycles. The lowest BCUT2D eigenvalue weighted by Gasteiger charge is -2.37. The predicted octanol–water partition coefficient (Wildman–Crippen LogP) is 13.8. The topological polar surface area (TPSA) is 66.9 Å². The molecule has 0 aliphatic heterocycles. The quantitative estimate of drug-likeness (QED) is 0.0289. The molecule has 304 valence electrons. The van der Waals surface area contributed by atoms with Crippen molar-refractivity contribution in [3.63, 3.8) is 0 Å². The third kappa shape index (κ3) is 17.0. The van der Waals surface area contributed by atoms with Crippen molar-refractivity contribution in [1.82, 2.24) is 4.98 Å². The number of rotatable bonds is 31. The van der Waals surface area contributed by atoms with Gasteiger partial charge in [-0.05, 0) is 29.2 Å². The molecular weight excluding hydrogens is 695 g/mol. The number of hydrogen-bond donors (Lipinski definition) is 0. The van der Waals surface area contributed by atoms with Crippen LogP contribution < -0.4 is 4.74 Å². The van der Waals surface area contributed by atoms with E-state index < -0.39 is 17.9 Å². The molecule has 6 heteroatoms. The van der Waals surface area contributed by atoms with Crippen LogP contribution in [0.4, 0.5) is 4.79 Å². The summed E-state index contributed by atoms with van der Waals surface area (Å²) < 4.78 is 24.4. The molecule has 0 amide bonds. The Morgan fingerprint density at radius 2 is 0.929 bits per heavy atom. The maximum absolute atomic E-state index is 13.0. The largest absolute Gasteiger partial charge is 0.515 e. The first-order chi connectivity index (χ1) is 27.7. The average Bonchev–Trinajstić information content (AvgIpc) is 3.24. The van der Waals surface area contributed by atoms with Gasteiger partial charge < -0.3 is 18.9 Å². The smallest absolute Gasteiger partial charge is 0.426 e. The lowest BCUT2D eigenvalue weighted by molar-refractivity contribution is -0.0756. The lowest BCUT2D eigenvalue weighted by Crippen LogP contribution is -2.38. The molecule has 0 bridgehead atoms.